The second-order valence-corrected chi connectivity index (χ2v) is 9.20. The molecule has 170 valence electrons. The molecule has 0 spiro atoms. The van der Waals surface area contributed by atoms with Crippen LogP contribution in [0.5, 0.6) is 0 Å². The average molecular weight is 485 g/mol. The molecule has 3 N–H and O–H groups in total. The van der Waals surface area contributed by atoms with Crippen LogP contribution in [0.2, 0.25) is 0 Å². The van der Waals surface area contributed by atoms with E-state index in [1.165, 1.54) is 42.5 Å². The molecular weight excluding hydrogens is 464 g/mol. The largest absolute Gasteiger partial charge is 0.332 e. The van der Waals surface area contributed by atoms with Crippen LogP contribution < -0.4 is 15.4 Å². The van der Waals surface area contributed by atoms with Gasteiger partial charge in [-0.3, -0.25) is 24.9 Å². The maximum absolute atomic E-state index is 12.8. The number of rotatable bonds is 6. The summed E-state index contributed by atoms with van der Waals surface area (Å²) in [6, 6.07) is 16.6. The third-order valence-electron chi connectivity index (χ3n) is 4.69. The lowest BCUT2D eigenvalue weighted by molar-refractivity contribution is -0.384. The number of amides is 1. The fraction of sp³-hybridized carbons (Fsp3) is 0.0909. The van der Waals surface area contributed by atoms with E-state index < -0.39 is 20.9 Å². The Morgan fingerprint density at radius 3 is 2.18 bits per heavy atom. The van der Waals surface area contributed by atoms with E-state index in [0.29, 0.717) is 11.4 Å². The highest BCUT2D eigenvalue weighted by Gasteiger charge is 2.17. The number of aryl methyl sites for hydroxylation is 2. The van der Waals surface area contributed by atoms with Crippen molar-refractivity contribution in [1.29, 1.82) is 0 Å². The van der Waals surface area contributed by atoms with Gasteiger partial charge in [0.05, 0.1) is 15.5 Å². The first kappa shape index (κ1) is 23.8. The van der Waals surface area contributed by atoms with Crippen LogP contribution in [0.15, 0.2) is 71.6 Å². The van der Waals surface area contributed by atoms with Gasteiger partial charge in [-0.25, -0.2) is 8.42 Å². The highest BCUT2D eigenvalue weighted by atomic mass is 32.2. The van der Waals surface area contributed by atoms with Crippen LogP contribution in [0.3, 0.4) is 0 Å². The lowest BCUT2D eigenvalue weighted by atomic mass is 10.1. The van der Waals surface area contributed by atoms with Gasteiger partial charge in [-0.15, -0.1) is 0 Å². The van der Waals surface area contributed by atoms with Gasteiger partial charge in [0.2, 0.25) is 0 Å². The summed E-state index contributed by atoms with van der Waals surface area (Å²) in [5.74, 6) is -0.617. The smallest absolute Gasteiger partial charge is 0.270 e. The van der Waals surface area contributed by atoms with Crippen molar-refractivity contribution in [2.24, 2.45) is 0 Å². The molecule has 1 amide bonds. The number of hydrogen-bond donors (Lipinski definition) is 3. The summed E-state index contributed by atoms with van der Waals surface area (Å²) in [7, 11) is -3.81. The summed E-state index contributed by atoms with van der Waals surface area (Å²) < 4.78 is 28.1. The molecular formula is C22H20N4O5S2. The monoisotopic (exact) mass is 484 g/mol. The summed E-state index contributed by atoms with van der Waals surface area (Å²) in [6.07, 6.45) is 0. The molecule has 0 aliphatic rings. The van der Waals surface area contributed by atoms with Gasteiger partial charge in [0.25, 0.3) is 21.6 Å². The third-order valence-corrected chi connectivity index (χ3v) is 6.26. The Labute approximate surface area is 196 Å². The first-order valence-corrected chi connectivity index (χ1v) is 11.5. The number of nitrogens with zero attached hydrogens (tertiary/aromatic N) is 1. The van der Waals surface area contributed by atoms with E-state index >= 15 is 0 Å². The summed E-state index contributed by atoms with van der Waals surface area (Å²) in [5, 5.41) is 16.0. The molecule has 0 unspecified atom stereocenters. The number of nitrogens with one attached hydrogen (secondary N) is 3. The minimum atomic E-state index is -3.81. The van der Waals surface area contributed by atoms with Gasteiger partial charge in [-0.05, 0) is 67.5 Å². The Bertz CT molecular complexity index is 1320. The van der Waals surface area contributed by atoms with Gasteiger partial charge in [0.1, 0.15) is 0 Å². The van der Waals surface area contributed by atoms with Crippen LogP contribution in [0.25, 0.3) is 0 Å². The molecule has 0 bridgehead atoms. The van der Waals surface area contributed by atoms with Crippen LogP contribution in [0.4, 0.5) is 17.1 Å². The zero-order chi connectivity index (χ0) is 24.2. The highest BCUT2D eigenvalue weighted by molar-refractivity contribution is 7.92. The number of sulfonamides is 1. The van der Waals surface area contributed by atoms with Crippen molar-refractivity contribution in [1.82, 2.24) is 5.32 Å². The fourth-order valence-corrected chi connectivity index (χ4v) is 4.40. The van der Waals surface area contributed by atoms with E-state index in [2.05, 4.69) is 15.4 Å². The van der Waals surface area contributed by atoms with Crippen molar-refractivity contribution >= 4 is 50.3 Å². The molecule has 0 aliphatic heterocycles. The number of anilines is 2. The van der Waals surface area contributed by atoms with E-state index in [4.69, 9.17) is 12.2 Å². The number of benzene rings is 3. The number of para-hydroxylation sites is 1. The topological polar surface area (TPSA) is 130 Å². The van der Waals surface area contributed by atoms with Gasteiger partial charge >= 0.3 is 0 Å². The molecule has 3 rings (SSSR count). The molecule has 9 nitrogen and oxygen atoms in total. The molecule has 0 heterocycles. The van der Waals surface area contributed by atoms with Gasteiger partial charge in [-0.2, -0.15) is 0 Å². The standard InChI is InChI=1S/C22H20N4O5S2/c1-14-5-3-6-15(2)20(14)25-33(30,31)19-11-9-17(10-12-19)23-22(32)24-21(27)16-7-4-8-18(13-16)26(28)29/h3-13,25H,1-2H3,(H2,23,24,27,32). The molecule has 11 heteroatoms. The molecule has 0 atom stereocenters. The predicted octanol–water partition coefficient (Wildman–Crippen LogP) is 4.14. The molecule has 33 heavy (non-hydrogen) atoms. The van der Waals surface area contributed by atoms with Crippen LogP contribution in [-0.2, 0) is 10.0 Å². The van der Waals surface area contributed by atoms with Crippen LogP contribution in [-0.4, -0.2) is 24.4 Å². The quantitative estimate of drug-likeness (QED) is 0.272. The van der Waals surface area contributed by atoms with Crippen LogP contribution >= 0.6 is 12.2 Å². The van der Waals surface area contributed by atoms with E-state index in [1.54, 1.807) is 0 Å². The van der Waals surface area contributed by atoms with Crippen molar-refractivity contribution in [2.45, 2.75) is 18.7 Å². The van der Waals surface area contributed by atoms with E-state index in [-0.39, 0.29) is 21.3 Å². The lowest BCUT2D eigenvalue weighted by Gasteiger charge is -2.14. The molecule has 0 radical (unpaired) electrons. The second-order valence-electron chi connectivity index (χ2n) is 7.11. The van der Waals surface area contributed by atoms with Crippen LogP contribution in [0.1, 0.15) is 21.5 Å². The van der Waals surface area contributed by atoms with Crippen molar-refractivity contribution in [2.75, 3.05) is 10.0 Å². The second kappa shape index (κ2) is 9.76. The summed E-state index contributed by atoms with van der Waals surface area (Å²) in [5.41, 5.74) is 2.46. The van der Waals surface area contributed by atoms with E-state index in [1.807, 2.05) is 32.0 Å². The summed E-state index contributed by atoms with van der Waals surface area (Å²) in [6.45, 7) is 3.64. The van der Waals surface area contributed by atoms with Crippen LogP contribution in [0, 0.1) is 24.0 Å². The molecule has 0 aromatic heterocycles. The third kappa shape index (κ3) is 5.90. The molecule has 0 aliphatic carbocycles. The first-order chi connectivity index (χ1) is 15.6. The predicted molar refractivity (Wildman–Crippen MR) is 130 cm³/mol. The van der Waals surface area contributed by atoms with E-state index in [0.717, 1.165) is 17.2 Å². The van der Waals surface area contributed by atoms with Crippen molar-refractivity contribution in [3.63, 3.8) is 0 Å². The van der Waals surface area contributed by atoms with Crippen molar-refractivity contribution < 1.29 is 18.1 Å². The number of carbonyl (C=O) groups excluding carboxylic acids is 1. The lowest BCUT2D eigenvalue weighted by Crippen LogP contribution is -2.34. The minimum Gasteiger partial charge on any atom is -0.332 e. The Kier molecular flexibility index (Phi) is 7.04. The Balaban J connectivity index is 1.66. The van der Waals surface area contributed by atoms with Gasteiger partial charge in [-0.1, -0.05) is 24.3 Å². The van der Waals surface area contributed by atoms with Crippen molar-refractivity contribution in [3.8, 4) is 0 Å². The Hall–Kier alpha value is -3.83. The zero-order valence-corrected chi connectivity index (χ0v) is 19.3. The Morgan fingerprint density at radius 1 is 0.970 bits per heavy atom. The number of hydrogen-bond acceptors (Lipinski definition) is 6. The average Bonchev–Trinajstić information content (AvgIpc) is 2.77. The molecule has 0 saturated heterocycles. The molecule has 3 aromatic rings. The maximum Gasteiger partial charge on any atom is 0.270 e. The molecule has 0 saturated carbocycles. The molecule has 3 aromatic carbocycles. The van der Waals surface area contributed by atoms with Gasteiger partial charge in [0.15, 0.2) is 5.11 Å². The Morgan fingerprint density at radius 2 is 1.58 bits per heavy atom. The minimum absolute atomic E-state index is 0.0456. The SMILES string of the molecule is Cc1cccc(C)c1NS(=O)(=O)c1ccc(NC(=S)NC(=O)c2cccc([N+](=O)[O-])c2)cc1. The van der Waals surface area contributed by atoms with Crippen molar-refractivity contribution in [3.05, 3.63) is 93.5 Å². The highest BCUT2D eigenvalue weighted by Crippen LogP contribution is 2.24. The van der Waals surface area contributed by atoms with Gasteiger partial charge < -0.3 is 5.32 Å². The number of non-ortho nitro benzene ring substituents is 1. The zero-order valence-electron chi connectivity index (χ0n) is 17.7. The number of carbonyl (C=O) groups is 1. The van der Waals surface area contributed by atoms with Gasteiger partial charge in [0, 0.05) is 23.4 Å². The summed E-state index contributed by atoms with van der Waals surface area (Å²) >= 11 is 5.11. The summed E-state index contributed by atoms with van der Waals surface area (Å²) in [4.78, 5) is 22.6. The first-order valence-electron chi connectivity index (χ1n) is 9.63. The molecule has 0 fully saturated rings. The number of nitro groups is 1. The number of nitro benzene ring substituents is 1. The normalized spacial score (nSPS) is 10.8. The number of thiocarbonyl (C=S) groups is 1. The fourth-order valence-electron chi connectivity index (χ4n) is 2.98. The maximum atomic E-state index is 12.8. The van der Waals surface area contributed by atoms with E-state index in [9.17, 15) is 23.3 Å².